The third-order valence-corrected chi connectivity index (χ3v) is 4.73. The molecule has 2 aromatic carbocycles. The maximum Gasteiger partial charge on any atom is 0.150 e. The van der Waals surface area contributed by atoms with Crippen LogP contribution in [0.25, 0.3) is 28.0 Å². The Morgan fingerprint density at radius 2 is 1.81 bits per heavy atom. The largest absolute Gasteiger partial charge is 0.279 e. The Bertz CT molecular complexity index is 1150. The van der Waals surface area contributed by atoms with E-state index in [9.17, 15) is 4.39 Å². The van der Waals surface area contributed by atoms with Crippen molar-refractivity contribution >= 4 is 34.2 Å². The Hall–Kier alpha value is -2.50. The van der Waals surface area contributed by atoms with Gasteiger partial charge in [0.05, 0.1) is 11.2 Å². The van der Waals surface area contributed by atoms with Crippen LogP contribution in [0, 0.1) is 19.7 Å². The molecule has 0 atom stereocenters. The number of halogens is 3. The molecule has 2 heterocycles. The monoisotopic (exact) mass is 386 g/mol. The highest BCUT2D eigenvalue weighted by Crippen LogP contribution is 2.35. The standard InChI is InChI=1S/C19H13Cl2FN4/c1-10-3-4-13(14(21)5-10)17-11(2)23-8-24-19(17)26-9-25-16-7-12(20)6-15(22)18(16)26/h3-9H,1-2H3. The van der Waals surface area contributed by atoms with Gasteiger partial charge in [-0.15, -0.1) is 0 Å². The van der Waals surface area contributed by atoms with Crippen molar-refractivity contribution in [2.75, 3.05) is 0 Å². The molecule has 4 rings (SSSR count). The van der Waals surface area contributed by atoms with E-state index in [-0.39, 0.29) is 0 Å². The number of fused-ring (bicyclic) bond motifs is 1. The summed E-state index contributed by atoms with van der Waals surface area (Å²) in [4.78, 5) is 12.9. The van der Waals surface area contributed by atoms with E-state index < -0.39 is 5.82 Å². The molecule has 0 saturated heterocycles. The number of hydrogen-bond acceptors (Lipinski definition) is 3. The second-order valence-corrected chi connectivity index (χ2v) is 6.85. The van der Waals surface area contributed by atoms with Crippen LogP contribution in [0.5, 0.6) is 0 Å². The number of hydrogen-bond donors (Lipinski definition) is 0. The number of imidazole rings is 1. The van der Waals surface area contributed by atoms with Crippen molar-refractivity contribution in [1.82, 2.24) is 19.5 Å². The topological polar surface area (TPSA) is 43.6 Å². The molecule has 0 saturated carbocycles. The van der Waals surface area contributed by atoms with Crippen LogP contribution in [-0.4, -0.2) is 19.5 Å². The average Bonchev–Trinajstić information content (AvgIpc) is 2.99. The first-order valence-corrected chi connectivity index (χ1v) is 8.62. The fourth-order valence-electron chi connectivity index (χ4n) is 3.01. The predicted molar refractivity (Wildman–Crippen MR) is 102 cm³/mol. The first-order chi connectivity index (χ1) is 12.5. The maximum absolute atomic E-state index is 14.6. The van der Waals surface area contributed by atoms with E-state index in [1.54, 1.807) is 10.6 Å². The lowest BCUT2D eigenvalue weighted by atomic mass is 10.0. The number of nitrogens with zero attached hydrogens (tertiary/aromatic N) is 4. The number of aryl methyl sites for hydroxylation is 2. The van der Waals surface area contributed by atoms with E-state index in [0.29, 0.717) is 26.9 Å². The zero-order valence-corrected chi connectivity index (χ0v) is 15.5. The molecular weight excluding hydrogens is 374 g/mol. The van der Waals surface area contributed by atoms with Gasteiger partial charge in [-0.25, -0.2) is 19.3 Å². The number of aromatic nitrogens is 4. The van der Waals surface area contributed by atoms with Crippen LogP contribution in [0.15, 0.2) is 43.0 Å². The lowest BCUT2D eigenvalue weighted by molar-refractivity contribution is 0.634. The third-order valence-electron chi connectivity index (χ3n) is 4.20. The van der Waals surface area contributed by atoms with Gasteiger partial charge in [-0.1, -0.05) is 35.3 Å². The quantitative estimate of drug-likeness (QED) is 0.453. The Morgan fingerprint density at radius 3 is 2.58 bits per heavy atom. The molecule has 0 amide bonds. The summed E-state index contributed by atoms with van der Waals surface area (Å²) in [5, 5.41) is 0.873. The van der Waals surface area contributed by atoms with Gasteiger partial charge < -0.3 is 0 Å². The summed E-state index contributed by atoms with van der Waals surface area (Å²) in [5.74, 6) is 0.0363. The Balaban J connectivity index is 2.04. The van der Waals surface area contributed by atoms with Gasteiger partial charge in [-0.3, -0.25) is 4.57 Å². The lowest BCUT2D eigenvalue weighted by Crippen LogP contribution is -2.04. The van der Waals surface area contributed by atoms with Gasteiger partial charge in [0.2, 0.25) is 0 Å². The second-order valence-electron chi connectivity index (χ2n) is 6.01. The van der Waals surface area contributed by atoms with Gasteiger partial charge in [-0.05, 0) is 37.6 Å². The smallest absolute Gasteiger partial charge is 0.150 e. The molecular formula is C19H13Cl2FN4. The molecule has 0 unspecified atom stereocenters. The first-order valence-electron chi connectivity index (χ1n) is 7.86. The van der Waals surface area contributed by atoms with Gasteiger partial charge in [0.25, 0.3) is 0 Å². The minimum atomic E-state index is -0.470. The van der Waals surface area contributed by atoms with E-state index in [4.69, 9.17) is 23.2 Å². The van der Waals surface area contributed by atoms with Crippen LogP contribution in [-0.2, 0) is 0 Å². The zero-order valence-electron chi connectivity index (χ0n) is 14.0. The van der Waals surface area contributed by atoms with E-state index in [1.165, 1.54) is 18.7 Å². The van der Waals surface area contributed by atoms with Gasteiger partial charge in [0.1, 0.15) is 24.0 Å². The molecule has 0 fully saturated rings. The maximum atomic E-state index is 14.6. The van der Waals surface area contributed by atoms with Crippen molar-refractivity contribution in [2.24, 2.45) is 0 Å². The highest BCUT2D eigenvalue weighted by molar-refractivity contribution is 6.33. The van der Waals surface area contributed by atoms with Crippen molar-refractivity contribution in [3.05, 3.63) is 70.1 Å². The molecule has 26 heavy (non-hydrogen) atoms. The van der Waals surface area contributed by atoms with Gasteiger partial charge in [-0.2, -0.15) is 0 Å². The second kappa shape index (κ2) is 6.34. The minimum Gasteiger partial charge on any atom is -0.279 e. The van der Waals surface area contributed by atoms with Gasteiger partial charge >= 0.3 is 0 Å². The Morgan fingerprint density at radius 1 is 1.00 bits per heavy atom. The molecule has 0 aliphatic carbocycles. The van der Waals surface area contributed by atoms with Crippen molar-refractivity contribution < 1.29 is 4.39 Å². The summed E-state index contributed by atoms with van der Waals surface area (Å²) >= 11 is 12.4. The molecule has 0 aliphatic rings. The summed E-state index contributed by atoms with van der Waals surface area (Å²) in [7, 11) is 0. The summed E-state index contributed by atoms with van der Waals surface area (Å²) in [6, 6.07) is 8.63. The summed E-state index contributed by atoms with van der Waals surface area (Å²) in [6.07, 6.45) is 2.97. The fourth-order valence-corrected chi connectivity index (χ4v) is 3.54. The summed E-state index contributed by atoms with van der Waals surface area (Å²) < 4.78 is 16.2. The van der Waals surface area contributed by atoms with Crippen LogP contribution in [0.4, 0.5) is 4.39 Å². The fraction of sp³-hybridized carbons (Fsp3) is 0.105. The SMILES string of the molecule is Cc1ccc(-c2c(C)ncnc2-n2cnc3cc(Cl)cc(F)c32)c(Cl)c1. The molecule has 0 bridgehead atoms. The minimum absolute atomic E-state index is 0.293. The highest BCUT2D eigenvalue weighted by Gasteiger charge is 2.19. The zero-order chi connectivity index (χ0) is 18.4. The highest BCUT2D eigenvalue weighted by atomic mass is 35.5. The molecule has 2 aromatic heterocycles. The van der Waals surface area contributed by atoms with E-state index in [0.717, 1.165) is 22.4 Å². The average molecular weight is 387 g/mol. The van der Waals surface area contributed by atoms with Crippen molar-refractivity contribution in [3.8, 4) is 16.9 Å². The summed E-state index contributed by atoms with van der Waals surface area (Å²) in [6.45, 7) is 3.83. The third kappa shape index (κ3) is 2.73. The molecule has 0 spiro atoms. The van der Waals surface area contributed by atoms with Gasteiger partial charge in [0, 0.05) is 21.2 Å². The van der Waals surface area contributed by atoms with Crippen LogP contribution in [0.1, 0.15) is 11.3 Å². The molecule has 7 heteroatoms. The van der Waals surface area contributed by atoms with Crippen molar-refractivity contribution in [3.63, 3.8) is 0 Å². The van der Waals surface area contributed by atoms with Crippen molar-refractivity contribution in [2.45, 2.75) is 13.8 Å². The van der Waals surface area contributed by atoms with Crippen LogP contribution in [0.2, 0.25) is 10.0 Å². The molecule has 130 valence electrons. The lowest BCUT2D eigenvalue weighted by Gasteiger charge is -2.14. The number of rotatable bonds is 2. The molecule has 4 aromatic rings. The van der Waals surface area contributed by atoms with E-state index in [2.05, 4.69) is 15.0 Å². The van der Waals surface area contributed by atoms with E-state index >= 15 is 0 Å². The molecule has 0 N–H and O–H groups in total. The van der Waals surface area contributed by atoms with E-state index in [1.807, 2.05) is 32.0 Å². The van der Waals surface area contributed by atoms with Gasteiger partial charge in [0.15, 0.2) is 5.82 Å². The molecule has 0 radical (unpaired) electrons. The normalized spacial score (nSPS) is 11.3. The molecule has 4 nitrogen and oxygen atoms in total. The number of benzene rings is 2. The predicted octanol–water partition coefficient (Wildman–Crippen LogP) is 5.55. The Labute approximate surface area is 159 Å². The Kier molecular flexibility index (Phi) is 4.13. The summed E-state index contributed by atoms with van der Waals surface area (Å²) in [5.41, 5.74) is 4.04. The van der Waals surface area contributed by atoms with Crippen molar-refractivity contribution in [1.29, 1.82) is 0 Å². The van der Waals surface area contributed by atoms with Crippen LogP contribution in [0.3, 0.4) is 0 Å². The van der Waals surface area contributed by atoms with Crippen LogP contribution >= 0.6 is 23.2 Å². The van der Waals surface area contributed by atoms with Crippen LogP contribution < -0.4 is 0 Å². The molecule has 0 aliphatic heterocycles. The first kappa shape index (κ1) is 16.9.